The van der Waals surface area contributed by atoms with E-state index in [1.54, 1.807) is 0 Å². The molecule has 1 aromatic rings. The quantitative estimate of drug-likeness (QED) is 0.890. The van der Waals surface area contributed by atoms with Crippen molar-refractivity contribution in [1.82, 2.24) is 15.8 Å². The summed E-state index contributed by atoms with van der Waals surface area (Å²) >= 11 is 0. The van der Waals surface area contributed by atoms with Gasteiger partial charge in [-0.1, -0.05) is 30.3 Å². The molecule has 3 atom stereocenters. The number of carbonyl (C=O) groups excluding carboxylic acids is 1. The molecule has 5 nitrogen and oxygen atoms in total. The molecule has 0 spiro atoms. The first-order valence-corrected chi connectivity index (χ1v) is 8.60. The zero-order valence-electron chi connectivity index (χ0n) is 14.0. The zero-order valence-corrected chi connectivity index (χ0v) is 14.0. The second kappa shape index (κ2) is 7.43. The second-order valence-electron chi connectivity index (χ2n) is 6.68. The molecule has 3 rings (SSSR count). The van der Waals surface area contributed by atoms with Crippen LogP contribution in [0, 0.1) is 5.92 Å². The Morgan fingerprint density at radius 3 is 2.61 bits per heavy atom. The maximum Gasteiger partial charge on any atom is 0.222 e. The number of nitrogens with one attached hydrogen (secondary N) is 2. The second-order valence-corrected chi connectivity index (χ2v) is 6.68. The number of amides is 1. The predicted octanol–water partition coefficient (Wildman–Crippen LogP) is 1.87. The zero-order chi connectivity index (χ0) is 16.2. The van der Waals surface area contributed by atoms with Crippen molar-refractivity contribution < 1.29 is 9.53 Å². The Labute approximate surface area is 138 Å². The number of benzene rings is 1. The highest BCUT2D eigenvalue weighted by Gasteiger charge is 2.31. The molecule has 2 N–H and O–H groups in total. The molecule has 1 amide bonds. The molecule has 2 aliphatic rings. The number of nitrogens with zero attached hydrogens (tertiary/aromatic N) is 1. The summed E-state index contributed by atoms with van der Waals surface area (Å²) in [5.74, 6) is 0.755. The Morgan fingerprint density at radius 1 is 1.22 bits per heavy atom. The van der Waals surface area contributed by atoms with Crippen LogP contribution < -0.4 is 10.9 Å². The Balaban J connectivity index is 1.53. The van der Waals surface area contributed by atoms with Gasteiger partial charge in [-0.3, -0.25) is 15.6 Å². The molecule has 2 fully saturated rings. The van der Waals surface area contributed by atoms with E-state index in [2.05, 4.69) is 36.8 Å². The predicted molar refractivity (Wildman–Crippen MR) is 89.6 cm³/mol. The van der Waals surface area contributed by atoms with E-state index in [0.717, 1.165) is 12.0 Å². The minimum absolute atomic E-state index is 0.00145. The lowest BCUT2D eigenvalue weighted by molar-refractivity contribution is -0.139. The van der Waals surface area contributed by atoms with Crippen LogP contribution in [0.2, 0.25) is 0 Å². The summed E-state index contributed by atoms with van der Waals surface area (Å²) in [5, 5.41) is 0. The van der Waals surface area contributed by atoms with E-state index < -0.39 is 0 Å². The SMILES string of the molecule is CC1NNC(C)C1CCC(=O)N1CCOC(c2ccccc2)C1. The Kier molecular flexibility index (Phi) is 5.30. The lowest BCUT2D eigenvalue weighted by atomic mass is 9.91. The average Bonchev–Trinajstić information content (AvgIpc) is 2.92. The van der Waals surface area contributed by atoms with Crippen molar-refractivity contribution >= 4 is 5.91 Å². The molecule has 2 saturated heterocycles. The van der Waals surface area contributed by atoms with E-state index in [9.17, 15) is 4.79 Å². The van der Waals surface area contributed by atoms with Gasteiger partial charge in [0.05, 0.1) is 13.2 Å². The van der Waals surface area contributed by atoms with Crippen LogP contribution >= 0.6 is 0 Å². The standard InChI is InChI=1S/C18H27N3O2/c1-13-16(14(2)20-19-13)8-9-18(22)21-10-11-23-17(12-21)15-6-4-3-5-7-15/h3-7,13-14,16-17,19-20H,8-12H2,1-2H3. The molecule has 5 heteroatoms. The minimum atomic E-state index is 0.00145. The topological polar surface area (TPSA) is 53.6 Å². The molecular formula is C18H27N3O2. The van der Waals surface area contributed by atoms with E-state index in [0.29, 0.717) is 44.1 Å². The fourth-order valence-electron chi connectivity index (χ4n) is 3.60. The van der Waals surface area contributed by atoms with Crippen LogP contribution in [0.25, 0.3) is 0 Å². The fraction of sp³-hybridized carbons (Fsp3) is 0.611. The van der Waals surface area contributed by atoms with E-state index in [-0.39, 0.29) is 12.0 Å². The van der Waals surface area contributed by atoms with Crippen molar-refractivity contribution in [1.29, 1.82) is 0 Å². The average molecular weight is 317 g/mol. The minimum Gasteiger partial charge on any atom is -0.370 e. The number of carbonyl (C=O) groups is 1. The highest BCUT2D eigenvalue weighted by molar-refractivity contribution is 5.76. The summed E-state index contributed by atoms with van der Waals surface area (Å²) < 4.78 is 5.84. The van der Waals surface area contributed by atoms with Crippen LogP contribution in [-0.2, 0) is 9.53 Å². The summed E-state index contributed by atoms with van der Waals surface area (Å²) in [6, 6.07) is 11.0. The van der Waals surface area contributed by atoms with Gasteiger partial charge in [-0.05, 0) is 31.7 Å². The van der Waals surface area contributed by atoms with Crippen LogP contribution in [0.1, 0.15) is 38.4 Å². The lowest BCUT2D eigenvalue weighted by Crippen LogP contribution is -2.42. The number of hydrazine groups is 1. The van der Waals surface area contributed by atoms with Gasteiger partial charge in [0.15, 0.2) is 0 Å². The molecule has 1 aromatic carbocycles. The summed E-state index contributed by atoms with van der Waals surface area (Å²) in [4.78, 5) is 14.5. The van der Waals surface area contributed by atoms with Crippen LogP contribution in [-0.4, -0.2) is 42.6 Å². The molecule has 0 aliphatic carbocycles. The number of hydrogen-bond acceptors (Lipinski definition) is 4. The summed E-state index contributed by atoms with van der Waals surface area (Å²) in [6.45, 7) is 6.33. The van der Waals surface area contributed by atoms with Gasteiger partial charge in [0.1, 0.15) is 6.10 Å². The third-order valence-electron chi connectivity index (χ3n) is 5.11. The van der Waals surface area contributed by atoms with E-state index in [1.807, 2.05) is 23.1 Å². The Morgan fingerprint density at radius 2 is 1.91 bits per heavy atom. The van der Waals surface area contributed by atoms with Crippen LogP contribution in [0.4, 0.5) is 0 Å². The number of hydrogen-bond donors (Lipinski definition) is 2. The highest BCUT2D eigenvalue weighted by atomic mass is 16.5. The molecule has 2 heterocycles. The summed E-state index contributed by atoms with van der Waals surface area (Å²) in [6.07, 6.45) is 1.54. The van der Waals surface area contributed by atoms with Gasteiger partial charge in [-0.25, -0.2) is 0 Å². The highest BCUT2D eigenvalue weighted by Crippen LogP contribution is 2.24. The lowest BCUT2D eigenvalue weighted by Gasteiger charge is -2.33. The first kappa shape index (κ1) is 16.4. The van der Waals surface area contributed by atoms with Crippen molar-refractivity contribution in [2.24, 2.45) is 5.92 Å². The van der Waals surface area contributed by atoms with Crippen molar-refractivity contribution in [3.8, 4) is 0 Å². The number of ether oxygens (including phenoxy) is 1. The number of rotatable bonds is 4. The third kappa shape index (κ3) is 3.91. The monoisotopic (exact) mass is 317 g/mol. The first-order valence-electron chi connectivity index (χ1n) is 8.60. The van der Waals surface area contributed by atoms with Crippen LogP contribution in [0.3, 0.4) is 0 Å². The van der Waals surface area contributed by atoms with Crippen LogP contribution in [0.5, 0.6) is 0 Å². The van der Waals surface area contributed by atoms with Gasteiger partial charge in [0, 0.05) is 25.0 Å². The van der Waals surface area contributed by atoms with Gasteiger partial charge < -0.3 is 9.64 Å². The van der Waals surface area contributed by atoms with Gasteiger partial charge >= 0.3 is 0 Å². The van der Waals surface area contributed by atoms with Crippen LogP contribution in [0.15, 0.2) is 30.3 Å². The molecule has 0 bridgehead atoms. The Hall–Kier alpha value is -1.43. The van der Waals surface area contributed by atoms with Crippen molar-refractivity contribution in [2.45, 2.75) is 44.9 Å². The molecule has 0 aromatic heterocycles. The molecule has 126 valence electrons. The van der Waals surface area contributed by atoms with Gasteiger partial charge in [-0.15, -0.1) is 0 Å². The van der Waals surface area contributed by atoms with Gasteiger partial charge in [0.25, 0.3) is 0 Å². The maximum absolute atomic E-state index is 12.6. The normalized spacial score (nSPS) is 31.3. The molecule has 3 unspecified atom stereocenters. The van der Waals surface area contributed by atoms with E-state index in [4.69, 9.17) is 4.74 Å². The van der Waals surface area contributed by atoms with Crippen molar-refractivity contribution in [3.05, 3.63) is 35.9 Å². The third-order valence-corrected chi connectivity index (χ3v) is 5.11. The van der Waals surface area contributed by atoms with Crippen molar-refractivity contribution in [3.63, 3.8) is 0 Å². The molecule has 2 aliphatic heterocycles. The summed E-state index contributed by atoms with van der Waals surface area (Å²) in [7, 11) is 0. The van der Waals surface area contributed by atoms with E-state index in [1.165, 1.54) is 0 Å². The smallest absolute Gasteiger partial charge is 0.222 e. The fourth-order valence-corrected chi connectivity index (χ4v) is 3.60. The molecule has 23 heavy (non-hydrogen) atoms. The number of morpholine rings is 1. The molecule has 0 saturated carbocycles. The maximum atomic E-state index is 12.6. The van der Waals surface area contributed by atoms with E-state index >= 15 is 0 Å². The first-order chi connectivity index (χ1) is 11.1. The van der Waals surface area contributed by atoms with Gasteiger partial charge in [-0.2, -0.15) is 0 Å². The van der Waals surface area contributed by atoms with Gasteiger partial charge in [0.2, 0.25) is 5.91 Å². The summed E-state index contributed by atoms with van der Waals surface area (Å²) in [5.41, 5.74) is 7.66. The largest absolute Gasteiger partial charge is 0.370 e. The van der Waals surface area contributed by atoms with Crippen molar-refractivity contribution in [2.75, 3.05) is 19.7 Å². The molecule has 0 radical (unpaired) electrons. The Bertz CT molecular complexity index is 512. The molecular weight excluding hydrogens is 290 g/mol.